The quantitative estimate of drug-likeness (QED) is 0.410. The molecule has 3 heterocycles. The zero-order valence-electron chi connectivity index (χ0n) is 17.1. The molecule has 0 spiro atoms. The van der Waals surface area contributed by atoms with Crippen LogP contribution in [0.4, 0.5) is 0 Å². The molecule has 3 aliphatic rings. The molecule has 3 aliphatic heterocycles. The molecule has 1 aromatic carbocycles. The molecule has 30 heavy (non-hydrogen) atoms. The largest absolute Gasteiger partial charge is 0.379 e. The molecule has 0 aromatic heterocycles. The maximum atomic E-state index is 7.27. The molecule has 0 aliphatic carbocycles. The number of piperidine rings is 1. The van der Waals surface area contributed by atoms with Gasteiger partial charge in [-0.1, -0.05) is 23.7 Å². The van der Waals surface area contributed by atoms with E-state index in [1.165, 1.54) is 0 Å². The van der Waals surface area contributed by atoms with Gasteiger partial charge < -0.3 is 4.74 Å². The fraction of sp³-hybridized carbons (Fsp3) is 0.571. The van der Waals surface area contributed by atoms with E-state index >= 15 is 0 Å². The highest BCUT2D eigenvalue weighted by molar-refractivity contribution is 6.30. The Kier molecular flexibility index (Phi) is 6.99. The minimum Gasteiger partial charge on any atom is -0.379 e. The lowest BCUT2D eigenvalue weighted by Gasteiger charge is -2.40. The zero-order chi connectivity index (χ0) is 20.9. The Morgan fingerprint density at radius 1 is 1.23 bits per heavy atom. The minimum absolute atomic E-state index is 0.170. The SMILES string of the molecule is C=N/N=C(/CN=N)C1CCC2N=C(c3ccc(Cl)cc3)C(CN3CCOCC3)N2C1. The van der Waals surface area contributed by atoms with Crippen molar-refractivity contribution in [1.82, 2.24) is 9.80 Å². The van der Waals surface area contributed by atoms with Gasteiger partial charge in [-0.25, -0.2) is 5.53 Å². The van der Waals surface area contributed by atoms with Gasteiger partial charge in [0.2, 0.25) is 0 Å². The molecule has 4 rings (SSSR count). The Bertz CT molecular complexity index is 819. The number of ether oxygens (including phenoxy) is 1. The van der Waals surface area contributed by atoms with E-state index in [2.05, 4.69) is 44.0 Å². The Balaban J connectivity index is 1.59. The zero-order valence-corrected chi connectivity index (χ0v) is 17.8. The first-order valence-corrected chi connectivity index (χ1v) is 10.8. The van der Waals surface area contributed by atoms with Crippen LogP contribution in [0.2, 0.25) is 5.02 Å². The number of rotatable bonds is 7. The van der Waals surface area contributed by atoms with E-state index in [0.717, 1.165) is 74.2 Å². The molecule has 0 amide bonds. The summed E-state index contributed by atoms with van der Waals surface area (Å²) in [5.74, 6) is 0.216. The summed E-state index contributed by atoms with van der Waals surface area (Å²) in [6.07, 6.45) is 2.09. The average molecular weight is 430 g/mol. The van der Waals surface area contributed by atoms with Crippen molar-refractivity contribution in [2.45, 2.75) is 25.0 Å². The number of halogens is 1. The maximum absolute atomic E-state index is 7.27. The number of hydrogen-bond donors (Lipinski definition) is 1. The van der Waals surface area contributed by atoms with Gasteiger partial charge in [0.1, 0.15) is 12.7 Å². The monoisotopic (exact) mass is 429 g/mol. The van der Waals surface area contributed by atoms with E-state index in [9.17, 15) is 0 Å². The van der Waals surface area contributed by atoms with E-state index in [0.29, 0.717) is 0 Å². The first-order valence-electron chi connectivity index (χ1n) is 10.4. The molecular weight excluding hydrogens is 402 g/mol. The third kappa shape index (κ3) is 4.67. The van der Waals surface area contributed by atoms with Crippen LogP contribution in [0.25, 0.3) is 0 Å². The van der Waals surface area contributed by atoms with Crippen molar-refractivity contribution in [2.75, 3.05) is 45.9 Å². The first kappa shape index (κ1) is 21.2. The van der Waals surface area contributed by atoms with Gasteiger partial charge in [0.15, 0.2) is 0 Å². The Labute approximate surface area is 182 Å². The number of morpholine rings is 1. The Hall–Kier alpha value is -2.00. The Morgan fingerprint density at radius 2 is 2.00 bits per heavy atom. The molecule has 0 saturated carbocycles. The van der Waals surface area contributed by atoms with Crippen molar-refractivity contribution in [2.24, 2.45) is 26.2 Å². The normalized spacial score (nSPS) is 28.1. The van der Waals surface area contributed by atoms with E-state index in [4.69, 9.17) is 26.9 Å². The number of fused-ring (bicyclic) bond motifs is 1. The lowest BCUT2D eigenvalue weighted by molar-refractivity contribution is 0.0236. The van der Waals surface area contributed by atoms with Gasteiger partial charge in [0.25, 0.3) is 0 Å². The summed E-state index contributed by atoms with van der Waals surface area (Å²) >= 11 is 6.12. The minimum atomic E-state index is 0.170. The second-order valence-electron chi connectivity index (χ2n) is 7.95. The van der Waals surface area contributed by atoms with Crippen molar-refractivity contribution in [3.8, 4) is 0 Å². The van der Waals surface area contributed by atoms with Gasteiger partial charge in [-0.05, 0) is 30.5 Å². The van der Waals surface area contributed by atoms with Gasteiger partial charge in [-0.2, -0.15) is 15.3 Å². The molecule has 2 saturated heterocycles. The topological polar surface area (TPSA) is 89.0 Å². The summed E-state index contributed by atoms with van der Waals surface area (Å²) in [4.78, 5) is 10.1. The molecule has 1 N–H and O–H groups in total. The molecule has 3 unspecified atom stereocenters. The van der Waals surface area contributed by atoms with Crippen LogP contribution in [0.3, 0.4) is 0 Å². The van der Waals surface area contributed by atoms with E-state index in [-0.39, 0.29) is 24.7 Å². The summed E-state index contributed by atoms with van der Waals surface area (Å²) in [6.45, 7) is 8.96. The maximum Gasteiger partial charge on any atom is 0.103 e. The van der Waals surface area contributed by atoms with Crippen molar-refractivity contribution in [3.05, 3.63) is 34.9 Å². The highest BCUT2D eigenvalue weighted by Crippen LogP contribution is 2.33. The second-order valence-corrected chi connectivity index (χ2v) is 8.39. The van der Waals surface area contributed by atoms with Crippen LogP contribution in [0.1, 0.15) is 18.4 Å². The molecule has 9 heteroatoms. The first-order chi connectivity index (χ1) is 14.7. The summed E-state index contributed by atoms with van der Waals surface area (Å²) in [7, 11) is 0. The number of nitrogens with one attached hydrogen (secondary N) is 1. The van der Waals surface area contributed by atoms with E-state index in [1.54, 1.807) is 0 Å². The van der Waals surface area contributed by atoms with Crippen molar-refractivity contribution in [1.29, 1.82) is 5.53 Å². The highest BCUT2D eigenvalue weighted by atomic mass is 35.5. The molecule has 3 atom stereocenters. The molecule has 0 radical (unpaired) electrons. The average Bonchev–Trinajstić information content (AvgIpc) is 3.12. The molecule has 2 fully saturated rings. The highest BCUT2D eigenvalue weighted by Gasteiger charge is 2.42. The van der Waals surface area contributed by atoms with Crippen molar-refractivity contribution < 1.29 is 4.74 Å². The number of benzene rings is 1. The van der Waals surface area contributed by atoms with Crippen LogP contribution in [0.15, 0.2) is 44.6 Å². The van der Waals surface area contributed by atoms with Gasteiger partial charge in [-0.15, -0.1) is 0 Å². The lowest BCUT2D eigenvalue weighted by atomic mass is 9.90. The van der Waals surface area contributed by atoms with Crippen LogP contribution in [-0.2, 0) is 4.74 Å². The van der Waals surface area contributed by atoms with Gasteiger partial charge in [-0.3, -0.25) is 14.8 Å². The van der Waals surface area contributed by atoms with E-state index in [1.807, 2.05) is 12.1 Å². The van der Waals surface area contributed by atoms with Crippen LogP contribution >= 0.6 is 11.6 Å². The van der Waals surface area contributed by atoms with Crippen molar-refractivity contribution in [3.63, 3.8) is 0 Å². The number of hydrogen-bond acceptors (Lipinski definition) is 8. The van der Waals surface area contributed by atoms with Crippen LogP contribution in [-0.4, -0.2) is 86.1 Å². The smallest absolute Gasteiger partial charge is 0.103 e. The Morgan fingerprint density at radius 3 is 2.70 bits per heavy atom. The predicted molar refractivity (Wildman–Crippen MR) is 119 cm³/mol. The van der Waals surface area contributed by atoms with Gasteiger partial charge in [0, 0.05) is 43.8 Å². The third-order valence-electron chi connectivity index (χ3n) is 6.18. The predicted octanol–water partition coefficient (Wildman–Crippen LogP) is 2.97. The second kappa shape index (κ2) is 9.87. The summed E-state index contributed by atoms with van der Waals surface area (Å²) in [5, 5.41) is 12.2. The van der Waals surface area contributed by atoms with Gasteiger partial charge in [0.05, 0.1) is 30.7 Å². The molecule has 1 aromatic rings. The summed E-state index contributed by atoms with van der Waals surface area (Å²) in [5.41, 5.74) is 10.4. The standard InChI is InChI=1S/C21H28ClN7O/c1-24-27-18(12-25-23)16-4-7-20-26-21(15-2-5-17(22)6-3-15)19(29(20)13-16)14-28-8-10-30-11-9-28/h2-3,5-6,16,19-20,23H,1,4,7-14H2/b25-23?,27-18-. The molecular formula is C21H28ClN7O. The summed E-state index contributed by atoms with van der Waals surface area (Å²) < 4.78 is 5.54. The van der Waals surface area contributed by atoms with E-state index < -0.39 is 0 Å². The summed E-state index contributed by atoms with van der Waals surface area (Å²) in [6, 6.07) is 8.19. The molecule has 160 valence electrons. The molecule has 0 bridgehead atoms. The van der Waals surface area contributed by atoms with Crippen LogP contribution < -0.4 is 0 Å². The fourth-order valence-corrected chi connectivity index (χ4v) is 4.78. The van der Waals surface area contributed by atoms with Crippen LogP contribution in [0.5, 0.6) is 0 Å². The number of aliphatic imine (C=N–C) groups is 1. The van der Waals surface area contributed by atoms with Gasteiger partial charge >= 0.3 is 0 Å². The number of nitrogens with zero attached hydrogens (tertiary/aromatic N) is 6. The lowest BCUT2D eigenvalue weighted by Crippen LogP contribution is -2.53. The third-order valence-corrected chi connectivity index (χ3v) is 6.43. The fourth-order valence-electron chi connectivity index (χ4n) is 4.65. The van der Waals surface area contributed by atoms with Crippen LogP contribution in [0, 0.1) is 11.4 Å². The molecule has 8 nitrogen and oxygen atoms in total. The van der Waals surface area contributed by atoms with Crippen molar-refractivity contribution >= 4 is 29.7 Å².